The molecule has 1 aromatic rings. The molecule has 0 saturated carbocycles. The standard InChI is InChI=1S/C15H22N2O.ClH/c1-15(2)9-7-13(17-14(18)8-10-16)11-5-3-4-6-12(11)15;/h3-6,13H,7-10,16H2,1-2H3,(H,17,18);1H. The van der Waals surface area contributed by atoms with Crippen LogP contribution in [0.3, 0.4) is 0 Å². The zero-order valence-corrected chi connectivity index (χ0v) is 12.4. The van der Waals surface area contributed by atoms with Crippen LogP contribution in [0.4, 0.5) is 0 Å². The number of rotatable bonds is 3. The van der Waals surface area contributed by atoms with E-state index in [-0.39, 0.29) is 29.8 Å². The molecule has 106 valence electrons. The largest absolute Gasteiger partial charge is 0.349 e. The molecule has 3 nitrogen and oxygen atoms in total. The summed E-state index contributed by atoms with van der Waals surface area (Å²) in [7, 11) is 0. The molecule has 0 bridgehead atoms. The fraction of sp³-hybridized carbons (Fsp3) is 0.533. The topological polar surface area (TPSA) is 55.1 Å². The number of carbonyl (C=O) groups is 1. The van der Waals surface area contributed by atoms with Crippen LogP contribution in [0.1, 0.15) is 50.3 Å². The van der Waals surface area contributed by atoms with E-state index in [0.29, 0.717) is 13.0 Å². The summed E-state index contributed by atoms with van der Waals surface area (Å²) in [5.41, 5.74) is 8.23. The van der Waals surface area contributed by atoms with Crippen molar-refractivity contribution in [1.29, 1.82) is 0 Å². The fourth-order valence-corrected chi connectivity index (χ4v) is 2.76. The molecule has 2 rings (SSSR count). The number of nitrogens with one attached hydrogen (secondary N) is 1. The predicted octanol–water partition coefficient (Wildman–Crippen LogP) is 2.69. The average molecular weight is 283 g/mol. The SMILES string of the molecule is CC1(C)CCC(NC(=O)CCN)c2ccccc21.Cl. The van der Waals surface area contributed by atoms with Gasteiger partial charge in [-0.1, -0.05) is 38.1 Å². The molecule has 1 aliphatic carbocycles. The second-order valence-electron chi connectivity index (χ2n) is 5.67. The summed E-state index contributed by atoms with van der Waals surface area (Å²) < 4.78 is 0. The first-order valence-corrected chi connectivity index (χ1v) is 6.63. The summed E-state index contributed by atoms with van der Waals surface area (Å²) in [6.07, 6.45) is 2.50. The molecule has 0 radical (unpaired) electrons. The predicted molar refractivity (Wildman–Crippen MR) is 80.5 cm³/mol. The maximum atomic E-state index is 11.7. The molecule has 1 aliphatic rings. The van der Waals surface area contributed by atoms with Crippen molar-refractivity contribution in [2.24, 2.45) is 5.73 Å². The zero-order chi connectivity index (χ0) is 13.2. The summed E-state index contributed by atoms with van der Waals surface area (Å²) in [5.74, 6) is 0.0528. The molecule has 3 N–H and O–H groups in total. The molecule has 19 heavy (non-hydrogen) atoms. The van der Waals surface area contributed by atoms with Gasteiger partial charge in [-0.2, -0.15) is 0 Å². The van der Waals surface area contributed by atoms with Gasteiger partial charge in [0.15, 0.2) is 0 Å². The van der Waals surface area contributed by atoms with Crippen molar-refractivity contribution in [1.82, 2.24) is 5.32 Å². The molecule has 4 heteroatoms. The number of halogens is 1. The van der Waals surface area contributed by atoms with Crippen molar-refractivity contribution in [2.45, 2.75) is 44.6 Å². The van der Waals surface area contributed by atoms with Gasteiger partial charge in [0.1, 0.15) is 0 Å². The van der Waals surface area contributed by atoms with Crippen LogP contribution in [-0.2, 0) is 10.2 Å². The van der Waals surface area contributed by atoms with E-state index in [1.807, 2.05) is 6.07 Å². The highest BCUT2D eigenvalue weighted by Crippen LogP contribution is 2.41. The van der Waals surface area contributed by atoms with E-state index >= 15 is 0 Å². The maximum absolute atomic E-state index is 11.7. The van der Waals surface area contributed by atoms with Gasteiger partial charge in [0.05, 0.1) is 6.04 Å². The van der Waals surface area contributed by atoms with Crippen molar-refractivity contribution < 1.29 is 4.79 Å². The minimum Gasteiger partial charge on any atom is -0.349 e. The Kier molecular flexibility index (Phi) is 5.39. The Balaban J connectivity index is 0.00000180. The maximum Gasteiger partial charge on any atom is 0.221 e. The van der Waals surface area contributed by atoms with E-state index in [0.717, 1.165) is 12.8 Å². The van der Waals surface area contributed by atoms with Crippen LogP contribution in [0, 0.1) is 0 Å². The van der Waals surface area contributed by atoms with Crippen LogP contribution >= 0.6 is 12.4 Å². The Labute approximate surface area is 121 Å². The van der Waals surface area contributed by atoms with Gasteiger partial charge < -0.3 is 11.1 Å². The Bertz CT molecular complexity index is 446. The normalized spacial score (nSPS) is 20.1. The zero-order valence-electron chi connectivity index (χ0n) is 11.6. The van der Waals surface area contributed by atoms with Crippen LogP contribution in [-0.4, -0.2) is 12.5 Å². The number of benzene rings is 1. The highest BCUT2D eigenvalue weighted by Gasteiger charge is 2.32. The Morgan fingerprint density at radius 3 is 2.79 bits per heavy atom. The van der Waals surface area contributed by atoms with Gasteiger partial charge >= 0.3 is 0 Å². The van der Waals surface area contributed by atoms with Crippen LogP contribution in [0.15, 0.2) is 24.3 Å². The quantitative estimate of drug-likeness (QED) is 0.896. The Morgan fingerprint density at radius 2 is 2.11 bits per heavy atom. The number of hydrogen-bond donors (Lipinski definition) is 2. The van der Waals surface area contributed by atoms with E-state index < -0.39 is 0 Å². The molecule has 0 spiro atoms. The summed E-state index contributed by atoms with van der Waals surface area (Å²) in [6.45, 7) is 4.94. The third-order valence-corrected chi connectivity index (χ3v) is 3.83. The summed E-state index contributed by atoms with van der Waals surface area (Å²) in [4.78, 5) is 11.7. The Hall–Kier alpha value is -1.06. The number of nitrogens with two attached hydrogens (primary N) is 1. The highest BCUT2D eigenvalue weighted by atomic mass is 35.5. The lowest BCUT2D eigenvalue weighted by Crippen LogP contribution is -2.36. The van der Waals surface area contributed by atoms with Gasteiger partial charge in [0, 0.05) is 13.0 Å². The number of fused-ring (bicyclic) bond motifs is 1. The summed E-state index contributed by atoms with van der Waals surface area (Å²) >= 11 is 0. The Morgan fingerprint density at radius 1 is 1.42 bits per heavy atom. The van der Waals surface area contributed by atoms with Gasteiger partial charge in [-0.25, -0.2) is 0 Å². The van der Waals surface area contributed by atoms with Gasteiger partial charge in [-0.3, -0.25) is 4.79 Å². The summed E-state index contributed by atoms with van der Waals surface area (Å²) in [5, 5.41) is 3.09. The van der Waals surface area contributed by atoms with E-state index in [1.165, 1.54) is 11.1 Å². The minimum absolute atomic E-state index is 0. The lowest BCUT2D eigenvalue weighted by atomic mass is 9.71. The van der Waals surface area contributed by atoms with Crippen LogP contribution in [0.25, 0.3) is 0 Å². The molecule has 1 aromatic carbocycles. The third-order valence-electron chi connectivity index (χ3n) is 3.83. The molecule has 0 aliphatic heterocycles. The van der Waals surface area contributed by atoms with E-state index in [2.05, 4.69) is 37.4 Å². The van der Waals surface area contributed by atoms with Crippen molar-refractivity contribution in [3.63, 3.8) is 0 Å². The first-order valence-electron chi connectivity index (χ1n) is 6.63. The second kappa shape index (κ2) is 6.40. The summed E-state index contributed by atoms with van der Waals surface area (Å²) in [6, 6.07) is 8.57. The van der Waals surface area contributed by atoms with Gasteiger partial charge in [-0.15, -0.1) is 12.4 Å². The van der Waals surface area contributed by atoms with E-state index in [9.17, 15) is 4.79 Å². The number of hydrogen-bond acceptors (Lipinski definition) is 2. The molecule has 0 saturated heterocycles. The van der Waals surface area contributed by atoms with Crippen molar-refractivity contribution in [3.8, 4) is 0 Å². The lowest BCUT2D eigenvalue weighted by Gasteiger charge is -2.37. The third kappa shape index (κ3) is 3.48. The first-order chi connectivity index (χ1) is 8.54. The van der Waals surface area contributed by atoms with Gasteiger partial charge in [0.2, 0.25) is 5.91 Å². The molecular formula is C15H23ClN2O. The molecule has 1 amide bonds. The molecule has 1 atom stereocenters. The van der Waals surface area contributed by atoms with Crippen LogP contribution in [0.2, 0.25) is 0 Å². The number of amides is 1. The fourth-order valence-electron chi connectivity index (χ4n) is 2.76. The van der Waals surface area contributed by atoms with E-state index in [4.69, 9.17) is 5.73 Å². The molecule has 0 heterocycles. The minimum atomic E-state index is 0. The van der Waals surface area contributed by atoms with Crippen molar-refractivity contribution in [3.05, 3.63) is 35.4 Å². The first kappa shape index (κ1) is 16.0. The van der Waals surface area contributed by atoms with Crippen molar-refractivity contribution >= 4 is 18.3 Å². The number of carbonyl (C=O) groups excluding carboxylic acids is 1. The van der Waals surface area contributed by atoms with Crippen molar-refractivity contribution in [2.75, 3.05) is 6.54 Å². The molecular weight excluding hydrogens is 260 g/mol. The molecule has 1 unspecified atom stereocenters. The smallest absolute Gasteiger partial charge is 0.221 e. The van der Waals surface area contributed by atoms with Gasteiger partial charge in [-0.05, 0) is 29.4 Å². The second-order valence-corrected chi connectivity index (χ2v) is 5.67. The lowest BCUT2D eigenvalue weighted by molar-refractivity contribution is -0.121. The van der Waals surface area contributed by atoms with Gasteiger partial charge in [0.25, 0.3) is 0 Å². The monoisotopic (exact) mass is 282 g/mol. The highest BCUT2D eigenvalue weighted by molar-refractivity contribution is 5.85. The molecule has 0 aromatic heterocycles. The van der Waals surface area contributed by atoms with E-state index in [1.54, 1.807) is 0 Å². The van der Waals surface area contributed by atoms with Crippen LogP contribution < -0.4 is 11.1 Å². The molecule has 0 fully saturated rings. The average Bonchev–Trinajstić information content (AvgIpc) is 2.34. The van der Waals surface area contributed by atoms with Crippen LogP contribution in [0.5, 0.6) is 0 Å².